The number of carbonyl (C=O) groups is 1. The molecule has 0 N–H and O–H groups in total. The third-order valence-corrected chi connectivity index (χ3v) is 2.25. The SMILES string of the molecule is Cc1cc(C)c(C(=O)OCC(F)(F)F)c(C)c1. The van der Waals surface area contributed by atoms with Gasteiger partial charge in [-0.1, -0.05) is 17.7 Å². The second-order valence-electron chi connectivity index (χ2n) is 3.97. The molecule has 1 rings (SSSR count). The number of hydrogen-bond donors (Lipinski definition) is 0. The Morgan fingerprint density at radius 2 is 1.65 bits per heavy atom. The fraction of sp³-hybridized carbons (Fsp3) is 0.417. The van der Waals surface area contributed by atoms with Crippen LogP contribution < -0.4 is 0 Å². The van der Waals surface area contributed by atoms with Crippen molar-refractivity contribution in [3.8, 4) is 0 Å². The Morgan fingerprint density at radius 3 is 2.06 bits per heavy atom. The van der Waals surface area contributed by atoms with E-state index in [1.807, 2.05) is 6.92 Å². The number of esters is 1. The molecule has 0 radical (unpaired) electrons. The van der Waals surface area contributed by atoms with Crippen LogP contribution in [0.3, 0.4) is 0 Å². The first kappa shape index (κ1) is 13.5. The van der Waals surface area contributed by atoms with E-state index >= 15 is 0 Å². The zero-order valence-electron chi connectivity index (χ0n) is 9.81. The van der Waals surface area contributed by atoms with Crippen molar-refractivity contribution in [3.05, 3.63) is 34.4 Å². The van der Waals surface area contributed by atoms with E-state index in [0.29, 0.717) is 11.1 Å². The molecule has 0 aliphatic rings. The van der Waals surface area contributed by atoms with Crippen LogP contribution in [0.15, 0.2) is 12.1 Å². The topological polar surface area (TPSA) is 26.3 Å². The van der Waals surface area contributed by atoms with Crippen LogP contribution in [0, 0.1) is 20.8 Å². The molecule has 5 heteroatoms. The largest absolute Gasteiger partial charge is 0.452 e. The normalized spacial score (nSPS) is 11.4. The lowest BCUT2D eigenvalue weighted by Crippen LogP contribution is -2.21. The van der Waals surface area contributed by atoms with Crippen LogP contribution in [-0.2, 0) is 4.74 Å². The van der Waals surface area contributed by atoms with Gasteiger partial charge in [-0.15, -0.1) is 0 Å². The van der Waals surface area contributed by atoms with Gasteiger partial charge in [0.1, 0.15) is 0 Å². The second-order valence-corrected chi connectivity index (χ2v) is 3.97. The third kappa shape index (κ3) is 3.76. The molecule has 1 aromatic carbocycles. The van der Waals surface area contributed by atoms with Crippen molar-refractivity contribution in [1.82, 2.24) is 0 Å². The molecule has 1 aromatic rings. The molecule has 0 amide bonds. The molecule has 0 fully saturated rings. The number of benzene rings is 1. The van der Waals surface area contributed by atoms with Gasteiger partial charge in [0.2, 0.25) is 0 Å². The molecule has 0 aliphatic heterocycles. The average Bonchev–Trinajstić information content (AvgIpc) is 2.11. The number of halogens is 3. The van der Waals surface area contributed by atoms with E-state index in [2.05, 4.69) is 4.74 Å². The van der Waals surface area contributed by atoms with E-state index in [0.717, 1.165) is 5.56 Å². The summed E-state index contributed by atoms with van der Waals surface area (Å²) in [6.07, 6.45) is -4.50. The summed E-state index contributed by atoms with van der Waals surface area (Å²) in [7, 11) is 0. The number of alkyl halides is 3. The molecule has 94 valence electrons. The predicted molar refractivity (Wildman–Crippen MR) is 57.0 cm³/mol. The van der Waals surface area contributed by atoms with Crippen LogP contribution in [-0.4, -0.2) is 18.8 Å². The Bertz CT molecular complexity index is 413. The minimum Gasteiger partial charge on any atom is -0.452 e. The van der Waals surface area contributed by atoms with Crippen molar-refractivity contribution >= 4 is 5.97 Å². The fourth-order valence-electron chi connectivity index (χ4n) is 1.72. The lowest BCUT2D eigenvalue weighted by molar-refractivity contribution is -0.161. The molecular weight excluding hydrogens is 233 g/mol. The van der Waals surface area contributed by atoms with E-state index in [9.17, 15) is 18.0 Å². The maximum Gasteiger partial charge on any atom is 0.422 e. The van der Waals surface area contributed by atoms with E-state index in [1.54, 1.807) is 26.0 Å². The van der Waals surface area contributed by atoms with Crippen molar-refractivity contribution < 1.29 is 22.7 Å². The summed E-state index contributed by atoms with van der Waals surface area (Å²) in [6, 6.07) is 3.47. The van der Waals surface area contributed by atoms with Gasteiger partial charge in [-0.05, 0) is 31.9 Å². The smallest absolute Gasteiger partial charge is 0.422 e. The second kappa shape index (κ2) is 4.77. The fourth-order valence-corrected chi connectivity index (χ4v) is 1.72. The van der Waals surface area contributed by atoms with Gasteiger partial charge in [0.05, 0.1) is 5.56 Å². The summed E-state index contributed by atoms with van der Waals surface area (Å²) >= 11 is 0. The average molecular weight is 246 g/mol. The highest BCUT2D eigenvalue weighted by atomic mass is 19.4. The van der Waals surface area contributed by atoms with Crippen molar-refractivity contribution in [2.24, 2.45) is 0 Å². The number of aryl methyl sites for hydroxylation is 3. The van der Waals surface area contributed by atoms with Gasteiger partial charge >= 0.3 is 12.1 Å². The summed E-state index contributed by atoms with van der Waals surface area (Å²) in [5.74, 6) is -0.933. The molecular formula is C12H13F3O2. The van der Waals surface area contributed by atoms with Crippen LogP contribution >= 0.6 is 0 Å². The number of ether oxygens (including phenoxy) is 1. The van der Waals surface area contributed by atoms with E-state index in [1.165, 1.54) is 0 Å². The third-order valence-electron chi connectivity index (χ3n) is 2.25. The number of hydrogen-bond acceptors (Lipinski definition) is 2. The van der Waals surface area contributed by atoms with Crippen LogP contribution in [0.1, 0.15) is 27.0 Å². The lowest BCUT2D eigenvalue weighted by atomic mass is 10.00. The van der Waals surface area contributed by atoms with Gasteiger partial charge in [-0.2, -0.15) is 13.2 Å². The first-order valence-electron chi connectivity index (χ1n) is 5.02. The summed E-state index contributed by atoms with van der Waals surface area (Å²) in [5.41, 5.74) is 2.40. The molecule has 0 saturated carbocycles. The van der Waals surface area contributed by atoms with E-state index < -0.39 is 18.8 Å². The maximum atomic E-state index is 11.9. The first-order chi connectivity index (χ1) is 7.70. The van der Waals surface area contributed by atoms with Gasteiger partial charge in [0, 0.05) is 0 Å². The molecule has 17 heavy (non-hydrogen) atoms. The number of rotatable bonds is 2. The Balaban J connectivity index is 2.90. The lowest BCUT2D eigenvalue weighted by Gasteiger charge is -2.12. The molecule has 0 atom stereocenters. The van der Waals surface area contributed by atoms with E-state index in [-0.39, 0.29) is 5.56 Å². The molecule has 0 spiro atoms. The molecule has 0 heterocycles. The zero-order chi connectivity index (χ0) is 13.2. The monoisotopic (exact) mass is 246 g/mol. The summed E-state index contributed by atoms with van der Waals surface area (Å²) in [6.45, 7) is 3.64. The molecule has 0 aliphatic carbocycles. The van der Waals surface area contributed by atoms with Gasteiger partial charge in [0.15, 0.2) is 6.61 Å². The zero-order valence-corrected chi connectivity index (χ0v) is 9.81. The Kier molecular flexibility index (Phi) is 3.80. The summed E-state index contributed by atoms with van der Waals surface area (Å²) in [4.78, 5) is 11.5. The predicted octanol–water partition coefficient (Wildman–Crippen LogP) is 3.33. The highest BCUT2D eigenvalue weighted by Gasteiger charge is 2.30. The van der Waals surface area contributed by atoms with Crippen molar-refractivity contribution in [2.75, 3.05) is 6.61 Å². The van der Waals surface area contributed by atoms with Crippen LogP contribution in [0.5, 0.6) is 0 Å². The van der Waals surface area contributed by atoms with Gasteiger partial charge in [0.25, 0.3) is 0 Å². The van der Waals surface area contributed by atoms with Crippen LogP contribution in [0.25, 0.3) is 0 Å². The van der Waals surface area contributed by atoms with Gasteiger partial charge < -0.3 is 4.74 Å². The standard InChI is InChI=1S/C12H13F3O2/c1-7-4-8(2)10(9(3)5-7)11(16)17-6-12(13,14)15/h4-5H,6H2,1-3H3. The molecule has 0 aromatic heterocycles. The van der Waals surface area contributed by atoms with Crippen LogP contribution in [0.2, 0.25) is 0 Å². The van der Waals surface area contributed by atoms with Crippen molar-refractivity contribution in [3.63, 3.8) is 0 Å². The molecule has 2 nitrogen and oxygen atoms in total. The summed E-state index contributed by atoms with van der Waals surface area (Å²) in [5, 5.41) is 0. The Labute approximate surface area is 97.4 Å². The first-order valence-corrected chi connectivity index (χ1v) is 5.02. The van der Waals surface area contributed by atoms with Crippen molar-refractivity contribution in [1.29, 1.82) is 0 Å². The van der Waals surface area contributed by atoms with Crippen molar-refractivity contribution in [2.45, 2.75) is 26.9 Å². The minimum absolute atomic E-state index is 0.208. The quantitative estimate of drug-likeness (QED) is 0.748. The van der Waals surface area contributed by atoms with Gasteiger partial charge in [-0.25, -0.2) is 4.79 Å². The highest BCUT2D eigenvalue weighted by Crippen LogP contribution is 2.20. The summed E-state index contributed by atoms with van der Waals surface area (Å²) < 4.78 is 40.0. The minimum atomic E-state index is -4.50. The highest BCUT2D eigenvalue weighted by molar-refractivity contribution is 5.92. The molecule has 0 bridgehead atoms. The molecule has 0 unspecified atom stereocenters. The maximum absolute atomic E-state index is 11.9. The Morgan fingerprint density at radius 1 is 1.18 bits per heavy atom. The van der Waals surface area contributed by atoms with E-state index in [4.69, 9.17) is 0 Å². The van der Waals surface area contributed by atoms with Gasteiger partial charge in [-0.3, -0.25) is 0 Å². The molecule has 0 saturated heterocycles. The number of carbonyl (C=O) groups excluding carboxylic acids is 1. The Hall–Kier alpha value is -1.52. The van der Waals surface area contributed by atoms with Crippen LogP contribution in [0.4, 0.5) is 13.2 Å².